The second kappa shape index (κ2) is 4.61. The molecule has 1 aromatic carbocycles. The molecule has 1 N–H and O–H groups in total. The number of aromatic amines is 1. The number of benzene rings is 1. The average molecular weight is 244 g/mol. The van der Waals surface area contributed by atoms with Crippen LogP contribution >= 0.6 is 0 Å². The molecule has 2 heterocycles. The van der Waals surface area contributed by atoms with Gasteiger partial charge in [-0.15, -0.1) is 0 Å². The molecule has 0 bridgehead atoms. The van der Waals surface area contributed by atoms with Crippen LogP contribution in [-0.4, -0.2) is 48.1 Å². The summed E-state index contributed by atoms with van der Waals surface area (Å²) in [5.74, 6) is 1.02. The molecule has 3 rings (SSSR count). The molecule has 0 spiro atoms. The topological polar surface area (TPSA) is 35.2 Å². The van der Waals surface area contributed by atoms with Crippen LogP contribution in [-0.2, 0) is 0 Å². The van der Waals surface area contributed by atoms with Crippen molar-refractivity contribution in [2.75, 3.05) is 38.1 Å². The molecule has 1 saturated heterocycles. The van der Waals surface area contributed by atoms with Crippen LogP contribution in [0.3, 0.4) is 0 Å². The molecule has 4 heteroatoms. The van der Waals surface area contributed by atoms with Crippen molar-refractivity contribution in [3.63, 3.8) is 0 Å². The highest BCUT2D eigenvalue weighted by atomic mass is 15.3. The molecule has 0 saturated carbocycles. The van der Waals surface area contributed by atoms with Gasteiger partial charge in [0.05, 0.1) is 11.0 Å². The smallest absolute Gasteiger partial charge is 0.203 e. The number of nitrogens with one attached hydrogen (secondary N) is 1. The monoisotopic (exact) mass is 244 g/mol. The number of hydrogen-bond acceptors (Lipinski definition) is 3. The van der Waals surface area contributed by atoms with Gasteiger partial charge in [0.1, 0.15) is 0 Å². The van der Waals surface area contributed by atoms with E-state index in [1.807, 2.05) is 0 Å². The Morgan fingerprint density at radius 3 is 2.89 bits per heavy atom. The van der Waals surface area contributed by atoms with Gasteiger partial charge in [-0.25, -0.2) is 4.98 Å². The van der Waals surface area contributed by atoms with Crippen molar-refractivity contribution < 1.29 is 0 Å². The van der Waals surface area contributed by atoms with Crippen molar-refractivity contribution in [2.24, 2.45) is 0 Å². The van der Waals surface area contributed by atoms with E-state index in [0.29, 0.717) is 0 Å². The first-order valence-corrected chi connectivity index (χ1v) is 6.63. The van der Waals surface area contributed by atoms with E-state index in [2.05, 4.69) is 47.0 Å². The van der Waals surface area contributed by atoms with Crippen LogP contribution in [0.15, 0.2) is 18.2 Å². The summed E-state index contributed by atoms with van der Waals surface area (Å²) in [6.07, 6.45) is 1.20. The van der Waals surface area contributed by atoms with Crippen molar-refractivity contribution in [2.45, 2.75) is 13.3 Å². The minimum atomic E-state index is 1.02. The standard InChI is InChI=1S/C14H20N4/c1-11-5-3-6-12-13(11)16-14(15-12)18-8-4-7-17(2)9-10-18/h3,5-6H,4,7-10H2,1-2H3,(H,15,16). The Bertz CT molecular complexity index is 546. The summed E-state index contributed by atoms with van der Waals surface area (Å²) in [5, 5.41) is 0. The Labute approximate surface area is 108 Å². The number of hydrogen-bond donors (Lipinski definition) is 1. The van der Waals surface area contributed by atoms with Gasteiger partial charge in [0.2, 0.25) is 5.95 Å². The number of aromatic nitrogens is 2. The quantitative estimate of drug-likeness (QED) is 0.833. The van der Waals surface area contributed by atoms with Crippen LogP contribution in [0.1, 0.15) is 12.0 Å². The zero-order chi connectivity index (χ0) is 12.5. The Morgan fingerprint density at radius 1 is 1.17 bits per heavy atom. The summed E-state index contributed by atoms with van der Waals surface area (Å²) < 4.78 is 0. The fraction of sp³-hybridized carbons (Fsp3) is 0.500. The van der Waals surface area contributed by atoms with Gasteiger partial charge in [-0.3, -0.25) is 0 Å². The number of rotatable bonds is 1. The van der Waals surface area contributed by atoms with Crippen LogP contribution in [0.25, 0.3) is 11.0 Å². The van der Waals surface area contributed by atoms with Crippen molar-refractivity contribution in [3.05, 3.63) is 23.8 Å². The lowest BCUT2D eigenvalue weighted by Gasteiger charge is -2.19. The molecule has 1 fully saturated rings. The molecule has 2 aromatic rings. The second-order valence-electron chi connectivity index (χ2n) is 5.18. The van der Waals surface area contributed by atoms with Crippen LogP contribution < -0.4 is 4.90 Å². The number of para-hydroxylation sites is 1. The third-order valence-electron chi connectivity index (χ3n) is 3.72. The third-order valence-corrected chi connectivity index (χ3v) is 3.72. The highest BCUT2D eigenvalue weighted by molar-refractivity contribution is 5.80. The molecule has 1 aliphatic rings. The maximum atomic E-state index is 4.75. The summed E-state index contributed by atoms with van der Waals surface area (Å²) >= 11 is 0. The van der Waals surface area contributed by atoms with E-state index in [4.69, 9.17) is 4.98 Å². The van der Waals surface area contributed by atoms with Crippen molar-refractivity contribution >= 4 is 17.0 Å². The van der Waals surface area contributed by atoms with Crippen LogP contribution in [0.4, 0.5) is 5.95 Å². The van der Waals surface area contributed by atoms with Gasteiger partial charge in [0.15, 0.2) is 0 Å². The van der Waals surface area contributed by atoms with E-state index in [1.165, 1.54) is 18.5 Å². The summed E-state index contributed by atoms with van der Waals surface area (Å²) in [4.78, 5) is 12.9. The highest BCUT2D eigenvalue weighted by Crippen LogP contribution is 2.20. The minimum Gasteiger partial charge on any atom is -0.341 e. The molecule has 1 aliphatic heterocycles. The average Bonchev–Trinajstić information content (AvgIpc) is 2.67. The van der Waals surface area contributed by atoms with Gasteiger partial charge in [0.25, 0.3) is 0 Å². The van der Waals surface area contributed by atoms with Gasteiger partial charge in [-0.2, -0.15) is 0 Å². The second-order valence-corrected chi connectivity index (χ2v) is 5.18. The molecule has 0 atom stereocenters. The van der Waals surface area contributed by atoms with Crippen LogP contribution in [0.5, 0.6) is 0 Å². The molecular weight excluding hydrogens is 224 g/mol. The van der Waals surface area contributed by atoms with Gasteiger partial charge < -0.3 is 14.8 Å². The van der Waals surface area contributed by atoms with Gasteiger partial charge >= 0.3 is 0 Å². The largest absolute Gasteiger partial charge is 0.341 e. The van der Waals surface area contributed by atoms with Crippen molar-refractivity contribution in [1.29, 1.82) is 0 Å². The summed E-state index contributed by atoms with van der Waals surface area (Å²) in [5.41, 5.74) is 3.48. The van der Waals surface area contributed by atoms with Gasteiger partial charge in [0, 0.05) is 19.6 Å². The molecule has 0 unspecified atom stereocenters. The van der Waals surface area contributed by atoms with Crippen molar-refractivity contribution in [1.82, 2.24) is 14.9 Å². The zero-order valence-corrected chi connectivity index (χ0v) is 11.1. The lowest BCUT2D eigenvalue weighted by molar-refractivity contribution is 0.360. The van der Waals surface area contributed by atoms with E-state index in [-0.39, 0.29) is 0 Å². The predicted molar refractivity (Wildman–Crippen MR) is 75.2 cm³/mol. The molecule has 4 nitrogen and oxygen atoms in total. The normalized spacial score (nSPS) is 18.2. The first kappa shape index (κ1) is 11.5. The van der Waals surface area contributed by atoms with E-state index in [0.717, 1.165) is 36.6 Å². The van der Waals surface area contributed by atoms with Crippen molar-refractivity contribution in [3.8, 4) is 0 Å². The maximum absolute atomic E-state index is 4.75. The number of imidazole rings is 1. The summed E-state index contributed by atoms with van der Waals surface area (Å²) in [7, 11) is 2.19. The Hall–Kier alpha value is -1.55. The first-order valence-electron chi connectivity index (χ1n) is 6.63. The van der Waals surface area contributed by atoms with Crippen LogP contribution in [0.2, 0.25) is 0 Å². The summed E-state index contributed by atoms with van der Waals surface area (Å²) in [6, 6.07) is 6.29. The van der Waals surface area contributed by atoms with E-state index in [9.17, 15) is 0 Å². The lowest BCUT2D eigenvalue weighted by Crippen LogP contribution is -2.29. The minimum absolute atomic E-state index is 1.02. The molecule has 96 valence electrons. The molecule has 0 radical (unpaired) electrons. The number of fused-ring (bicyclic) bond motifs is 1. The lowest BCUT2D eigenvalue weighted by atomic mass is 10.2. The van der Waals surface area contributed by atoms with E-state index >= 15 is 0 Å². The third kappa shape index (κ3) is 2.08. The van der Waals surface area contributed by atoms with Gasteiger partial charge in [-0.1, -0.05) is 12.1 Å². The Kier molecular flexibility index (Phi) is 2.96. The molecule has 0 aliphatic carbocycles. The zero-order valence-electron chi connectivity index (χ0n) is 11.1. The number of H-pyrrole nitrogens is 1. The fourth-order valence-corrected chi connectivity index (χ4v) is 2.57. The number of likely N-dealkylation sites (N-methyl/N-ethyl adjacent to an activating group) is 1. The molecule has 18 heavy (non-hydrogen) atoms. The van der Waals surface area contributed by atoms with Crippen LogP contribution in [0, 0.1) is 6.92 Å². The molecule has 0 amide bonds. The fourth-order valence-electron chi connectivity index (χ4n) is 2.57. The summed E-state index contributed by atoms with van der Waals surface area (Å²) in [6.45, 7) is 6.54. The number of aryl methyl sites for hydroxylation is 1. The first-order chi connectivity index (χ1) is 8.74. The Balaban J connectivity index is 1.91. The SMILES string of the molecule is Cc1cccc2[nH]c(N3CCCN(C)CC3)nc12. The molecule has 1 aromatic heterocycles. The van der Waals surface area contributed by atoms with E-state index in [1.54, 1.807) is 0 Å². The Morgan fingerprint density at radius 2 is 2.06 bits per heavy atom. The molecular formula is C14H20N4. The maximum Gasteiger partial charge on any atom is 0.203 e. The number of anilines is 1. The van der Waals surface area contributed by atoms with Gasteiger partial charge in [-0.05, 0) is 38.6 Å². The highest BCUT2D eigenvalue weighted by Gasteiger charge is 2.15. The number of nitrogens with zero attached hydrogens (tertiary/aromatic N) is 3. The predicted octanol–water partition coefficient (Wildman–Crippen LogP) is 2.01. The van der Waals surface area contributed by atoms with E-state index < -0.39 is 0 Å².